The van der Waals surface area contributed by atoms with Gasteiger partial charge in [0.2, 0.25) is 0 Å². The molecule has 1 aromatic carbocycles. The number of hydrogen-bond acceptors (Lipinski definition) is 3. The fourth-order valence-corrected chi connectivity index (χ4v) is 2.42. The Hall–Kier alpha value is -1.56. The minimum absolute atomic E-state index is 0.274. The van der Waals surface area contributed by atoms with Crippen LogP contribution in [-0.4, -0.2) is 16.4 Å². The predicted octanol–water partition coefficient (Wildman–Crippen LogP) is 3.64. The first kappa shape index (κ1) is 14.8. The van der Waals surface area contributed by atoms with E-state index < -0.39 is 0 Å². The van der Waals surface area contributed by atoms with Crippen molar-refractivity contribution in [3.05, 3.63) is 39.9 Å². The van der Waals surface area contributed by atoms with Crippen molar-refractivity contribution in [2.24, 2.45) is 7.05 Å². The molecule has 0 aliphatic rings. The molecule has 0 atom stereocenters. The molecule has 1 N–H and O–H groups in total. The van der Waals surface area contributed by atoms with Gasteiger partial charge in [0.1, 0.15) is 0 Å². The predicted molar refractivity (Wildman–Crippen MR) is 80.5 cm³/mol. The van der Waals surface area contributed by atoms with Crippen LogP contribution in [0.15, 0.2) is 22.7 Å². The third-order valence-electron chi connectivity index (χ3n) is 2.95. The van der Waals surface area contributed by atoms with Crippen LogP contribution in [0.5, 0.6) is 5.75 Å². The topological polar surface area (TPSA) is 39.1 Å². The molecular formula is C14H17BrFN3O. The quantitative estimate of drug-likeness (QED) is 0.902. The van der Waals surface area contributed by atoms with E-state index in [0.717, 1.165) is 15.9 Å². The maximum atomic E-state index is 13.7. The van der Waals surface area contributed by atoms with Crippen LogP contribution >= 0.6 is 15.9 Å². The number of halogens is 2. The molecular weight excluding hydrogens is 325 g/mol. The van der Waals surface area contributed by atoms with E-state index in [-0.39, 0.29) is 11.6 Å². The molecule has 20 heavy (non-hydrogen) atoms. The summed E-state index contributed by atoms with van der Waals surface area (Å²) < 4.78 is 21.7. The Morgan fingerprint density at radius 3 is 2.75 bits per heavy atom. The van der Waals surface area contributed by atoms with E-state index in [1.807, 2.05) is 20.9 Å². The lowest BCUT2D eigenvalue weighted by Crippen LogP contribution is -2.06. The van der Waals surface area contributed by atoms with Crippen LogP contribution in [0.4, 0.5) is 10.1 Å². The molecule has 2 rings (SSSR count). The monoisotopic (exact) mass is 341 g/mol. The van der Waals surface area contributed by atoms with Gasteiger partial charge in [-0.1, -0.05) is 0 Å². The summed E-state index contributed by atoms with van der Waals surface area (Å²) in [7, 11) is 1.88. The molecule has 0 unspecified atom stereocenters. The zero-order valence-corrected chi connectivity index (χ0v) is 13.3. The molecule has 0 saturated carbocycles. The number of hydrogen-bond donors (Lipinski definition) is 1. The van der Waals surface area contributed by atoms with Gasteiger partial charge in [0.25, 0.3) is 0 Å². The molecule has 0 amide bonds. The second-order valence-corrected chi connectivity index (χ2v) is 5.19. The third kappa shape index (κ3) is 3.12. The summed E-state index contributed by atoms with van der Waals surface area (Å²) in [4.78, 5) is 0. The first-order valence-corrected chi connectivity index (χ1v) is 7.16. The van der Waals surface area contributed by atoms with Gasteiger partial charge in [0, 0.05) is 18.8 Å². The van der Waals surface area contributed by atoms with Crippen molar-refractivity contribution in [3.8, 4) is 5.75 Å². The molecule has 0 aliphatic heterocycles. The van der Waals surface area contributed by atoms with Crippen molar-refractivity contribution in [2.45, 2.75) is 20.4 Å². The number of benzene rings is 1. The van der Waals surface area contributed by atoms with Gasteiger partial charge in [-0.15, -0.1) is 0 Å². The molecule has 108 valence electrons. The zero-order chi connectivity index (χ0) is 14.7. The zero-order valence-electron chi connectivity index (χ0n) is 11.7. The normalized spacial score (nSPS) is 10.7. The minimum Gasteiger partial charge on any atom is -0.491 e. The van der Waals surface area contributed by atoms with E-state index in [9.17, 15) is 4.39 Å². The SMILES string of the molecule is CCOc1ccc(NCc2c(Br)c(C)nn2C)cc1F. The standard InChI is InChI=1S/C14H17BrFN3O/c1-4-20-13-6-5-10(7-11(13)16)17-8-12-14(15)9(2)18-19(12)3/h5-7,17H,4,8H2,1-3H3. The summed E-state index contributed by atoms with van der Waals surface area (Å²) in [6.07, 6.45) is 0. The summed E-state index contributed by atoms with van der Waals surface area (Å²) in [6.45, 7) is 4.77. The van der Waals surface area contributed by atoms with Crippen molar-refractivity contribution in [1.82, 2.24) is 9.78 Å². The smallest absolute Gasteiger partial charge is 0.167 e. The lowest BCUT2D eigenvalue weighted by atomic mass is 10.2. The van der Waals surface area contributed by atoms with E-state index in [1.165, 1.54) is 6.07 Å². The molecule has 0 saturated heterocycles. The van der Waals surface area contributed by atoms with Gasteiger partial charge in [-0.3, -0.25) is 4.68 Å². The summed E-state index contributed by atoms with van der Waals surface area (Å²) in [6, 6.07) is 4.86. The number of nitrogens with zero attached hydrogens (tertiary/aromatic N) is 2. The molecule has 0 radical (unpaired) electrons. The molecule has 2 aromatic rings. The van der Waals surface area contributed by atoms with Crippen molar-refractivity contribution < 1.29 is 9.13 Å². The number of nitrogens with one attached hydrogen (secondary N) is 1. The Bertz CT molecular complexity index is 613. The minimum atomic E-state index is -0.364. The average Bonchev–Trinajstić information content (AvgIpc) is 2.64. The van der Waals surface area contributed by atoms with Gasteiger partial charge in [0.05, 0.1) is 29.0 Å². The maximum absolute atomic E-state index is 13.7. The van der Waals surface area contributed by atoms with E-state index in [0.29, 0.717) is 18.8 Å². The lowest BCUT2D eigenvalue weighted by molar-refractivity contribution is 0.321. The van der Waals surface area contributed by atoms with Crippen molar-refractivity contribution in [3.63, 3.8) is 0 Å². The molecule has 6 heteroatoms. The fraction of sp³-hybridized carbons (Fsp3) is 0.357. The summed E-state index contributed by atoms with van der Waals surface area (Å²) in [5.41, 5.74) is 2.65. The molecule has 0 aliphatic carbocycles. The van der Waals surface area contributed by atoms with Crippen LogP contribution < -0.4 is 10.1 Å². The molecule has 0 bridgehead atoms. The number of aryl methyl sites for hydroxylation is 2. The first-order valence-electron chi connectivity index (χ1n) is 6.37. The second-order valence-electron chi connectivity index (χ2n) is 4.40. The highest BCUT2D eigenvalue weighted by atomic mass is 79.9. The van der Waals surface area contributed by atoms with Crippen LogP contribution in [-0.2, 0) is 13.6 Å². The highest BCUT2D eigenvalue weighted by Gasteiger charge is 2.10. The largest absolute Gasteiger partial charge is 0.491 e. The van der Waals surface area contributed by atoms with Crippen LogP contribution in [0.3, 0.4) is 0 Å². The number of aromatic nitrogens is 2. The number of rotatable bonds is 5. The molecule has 4 nitrogen and oxygen atoms in total. The third-order valence-corrected chi connectivity index (χ3v) is 3.98. The summed E-state index contributed by atoms with van der Waals surface area (Å²) in [5.74, 6) is -0.0901. The Labute approximate surface area is 126 Å². The fourth-order valence-electron chi connectivity index (χ4n) is 1.94. The van der Waals surface area contributed by atoms with Crippen molar-refractivity contribution in [2.75, 3.05) is 11.9 Å². The van der Waals surface area contributed by atoms with E-state index in [1.54, 1.807) is 16.8 Å². The Balaban J connectivity index is 2.09. The maximum Gasteiger partial charge on any atom is 0.167 e. The van der Waals surface area contributed by atoms with Gasteiger partial charge in [-0.25, -0.2) is 4.39 Å². The first-order chi connectivity index (χ1) is 9.52. The van der Waals surface area contributed by atoms with E-state index >= 15 is 0 Å². The van der Waals surface area contributed by atoms with Gasteiger partial charge >= 0.3 is 0 Å². The summed E-state index contributed by atoms with van der Waals surface area (Å²) >= 11 is 3.50. The van der Waals surface area contributed by atoms with Gasteiger partial charge in [-0.05, 0) is 41.9 Å². The Morgan fingerprint density at radius 1 is 1.45 bits per heavy atom. The highest BCUT2D eigenvalue weighted by molar-refractivity contribution is 9.10. The van der Waals surface area contributed by atoms with Crippen LogP contribution in [0.25, 0.3) is 0 Å². The van der Waals surface area contributed by atoms with E-state index in [2.05, 4.69) is 26.3 Å². The van der Waals surface area contributed by atoms with Crippen LogP contribution in [0.1, 0.15) is 18.3 Å². The van der Waals surface area contributed by atoms with Crippen molar-refractivity contribution >= 4 is 21.6 Å². The van der Waals surface area contributed by atoms with Crippen LogP contribution in [0.2, 0.25) is 0 Å². The molecule has 0 fully saturated rings. The van der Waals surface area contributed by atoms with Crippen LogP contribution in [0, 0.1) is 12.7 Å². The van der Waals surface area contributed by atoms with E-state index in [4.69, 9.17) is 4.74 Å². The summed E-state index contributed by atoms with van der Waals surface area (Å²) in [5, 5.41) is 7.49. The number of ether oxygens (including phenoxy) is 1. The lowest BCUT2D eigenvalue weighted by Gasteiger charge is -2.10. The number of anilines is 1. The Morgan fingerprint density at radius 2 is 2.20 bits per heavy atom. The molecule has 1 aromatic heterocycles. The van der Waals surface area contributed by atoms with Gasteiger partial charge < -0.3 is 10.1 Å². The Kier molecular flexibility index (Phi) is 4.65. The van der Waals surface area contributed by atoms with Gasteiger partial charge in [0.15, 0.2) is 11.6 Å². The van der Waals surface area contributed by atoms with Crippen molar-refractivity contribution in [1.29, 1.82) is 0 Å². The average molecular weight is 342 g/mol. The van der Waals surface area contributed by atoms with Gasteiger partial charge in [-0.2, -0.15) is 5.10 Å². The molecule has 1 heterocycles. The highest BCUT2D eigenvalue weighted by Crippen LogP contribution is 2.24. The molecule has 0 spiro atoms. The second kappa shape index (κ2) is 6.26.